The Labute approximate surface area is 113 Å². The van der Waals surface area contributed by atoms with Gasteiger partial charge in [-0.15, -0.1) is 0 Å². The molecule has 1 unspecified atom stereocenters. The van der Waals surface area contributed by atoms with E-state index in [0.29, 0.717) is 32.1 Å². The van der Waals surface area contributed by atoms with E-state index < -0.39 is 0 Å². The largest absolute Gasteiger partial charge is 0.490 e. The highest BCUT2D eigenvalue weighted by Gasteiger charge is 2.15. The summed E-state index contributed by atoms with van der Waals surface area (Å²) in [5.41, 5.74) is 0.878. The molecule has 1 aromatic carbocycles. The summed E-state index contributed by atoms with van der Waals surface area (Å²) in [4.78, 5) is 0. The fourth-order valence-electron chi connectivity index (χ4n) is 1.90. The number of nitriles is 1. The summed E-state index contributed by atoms with van der Waals surface area (Å²) < 4.78 is 16.2. The van der Waals surface area contributed by atoms with Crippen LogP contribution in [-0.2, 0) is 4.74 Å². The summed E-state index contributed by atoms with van der Waals surface area (Å²) in [6.45, 7) is 2.51. The number of hydrogen-bond donors (Lipinski definition) is 1. The lowest BCUT2D eigenvalue weighted by Crippen LogP contribution is -2.23. The Morgan fingerprint density at radius 3 is 2.89 bits per heavy atom. The zero-order valence-corrected chi connectivity index (χ0v) is 11.0. The van der Waals surface area contributed by atoms with Crippen LogP contribution in [0.1, 0.15) is 18.0 Å². The Bertz CT molecular complexity index is 456. The van der Waals surface area contributed by atoms with Gasteiger partial charge in [0.15, 0.2) is 11.5 Å². The zero-order valence-electron chi connectivity index (χ0n) is 11.0. The van der Waals surface area contributed by atoms with Crippen LogP contribution in [0.15, 0.2) is 18.2 Å². The number of fused-ring (bicyclic) bond motifs is 1. The first-order valence-corrected chi connectivity index (χ1v) is 6.36. The van der Waals surface area contributed by atoms with Crippen molar-refractivity contribution in [1.82, 2.24) is 5.32 Å². The second kappa shape index (κ2) is 6.98. The first kappa shape index (κ1) is 13.7. The molecule has 1 aliphatic rings. The van der Waals surface area contributed by atoms with E-state index >= 15 is 0 Å². The van der Waals surface area contributed by atoms with Gasteiger partial charge in [0.05, 0.1) is 25.9 Å². The number of rotatable bonds is 5. The summed E-state index contributed by atoms with van der Waals surface area (Å²) in [7, 11) is 1.64. The minimum atomic E-state index is -0.368. The quantitative estimate of drug-likeness (QED) is 0.817. The van der Waals surface area contributed by atoms with Crippen molar-refractivity contribution in [3.05, 3.63) is 23.8 Å². The summed E-state index contributed by atoms with van der Waals surface area (Å²) in [5.74, 6) is 1.46. The van der Waals surface area contributed by atoms with Crippen LogP contribution < -0.4 is 14.8 Å². The number of methoxy groups -OCH3 is 1. The molecule has 0 amide bonds. The average molecular weight is 262 g/mol. The monoisotopic (exact) mass is 262 g/mol. The summed E-state index contributed by atoms with van der Waals surface area (Å²) in [5, 5.41) is 12.3. The molecule has 0 saturated carbocycles. The van der Waals surface area contributed by atoms with Crippen LogP contribution >= 0.6 is 0 Å². The molecule has 19 heavy (non-hydrogen) atoms. The highest BCUT2D eigenvalue weighted by Crippen LogP contribution is 2.32. The van der Waals surface area contributed by atoms with Crippen LogP contribution in [0.3, 0.4) is 0 Å². The molecule has 1 atom stereocenters. The second-order valence-corrected chi connectivity index (χ2v) is 4.27. The van der Waals surface area contributed by atoms with Gasteiger partial charge in [-0.2, -0.15) is 5.26 Å². The molecule has 5 heteroatoms. The summed E-state index contributed by atoms with van der Waals surface area (Å²) in [6, 6.07) is 7.49. The van der Waals surface area contributed by atoms with Crippen LogP contribution in [0.4, 0.5) is 0 Å². The van der Waals surface area contributed by atoms with E-state index in [-0.39, 0.29) is 6.04 Å². The van der Waals surface area contributed by atoms with Crippen LogP contribution in [0.25, 0.3) is 0 Å². The third kappa shape index (κ3) is 3.60. The van der Waals surface area contributed by atoms with Crippen molar-refractivity contribution >= 4 is 0 Å². The second-order valence-electron chi connectivity index (χ2n) is 4.27. The smallest absolute Gasteiger partial charge is 0.161 e. The van der Waals surface area contributed by atoms with Crippen molar-refractivity contribution in [1.29, 1.82) is 5.26 Å². The van der Waals surface area contributed by atoms with E-state index in [4.69, 9.17) is 14.2 Å². The molecule has 0 fully saturated rings. The van der Waals surface area contributed by atoms with Crippen LogP contribution in [0, 0.1) is 11.3 Å². The fraction of sp³-hybridized carbons (Fsp3) is 0.500. The Morgan fingerprint density at radius 1 is 1.37 bits per heavy atom. The lowest BCUT2D eigenvalue weighted by Gasteiger charge is -2.14. The number of ether oxygens (including phenoxy) is 3. The van der Waals surface area contributed by atoms with Crippen molar-refractivity contribution in [2.75, 3.05) is 33.5 Å². The third-order valence-electron chi connectivity index (χ3n) is 2.89. The topological polar surface area (TPSA) is 63.5 Å². The predicted molar refractivity (Wildman–Crippen MR) is 70.3 cm³/mol. The van der Waals surface area contributed by atoms with Gasteiger partial charge in [0, 0.05) is 20.1 Å². The first-order chi connectivity index (χ1) is 9.35. The van der Waals surface area contributed by atoms with Crippen molar-refractivity contribution in [2.24, 2.45) is 0 Å². The SMILES string of the molecule is COCCNC(C#N)c1ccc2c(c1)OCCCO2. The standard InChI is InChI=1S/C14H18N2O3/c1-17-8-5-16-12(10-15)11-3-4-13-14(9-11)19-7-2-6-18-13/h3-4,9,12,16H,2,5-8H2,1H3. The van der Waals surface area contributed by atoms with Gasteiger partial charge in [0.25, 0.3) is 0 Å². The van der Waals surface area contributed by atoms with Gasteiger partial charge in [-0.25, -0.2) is 0 Å². The molecule has 102 valence electrons. The minimum absolute atomic E-state index is 0.368. The van der Waals surface area contributed by atoms with Crippen molar-refractivity contribution in [3.63, 3.8) is 0 Å². The normalized spacial score (nSPS) is 15.4. The van der Waals surface area contributed by atoms with Crippen LogP contribution in [-0.4, -0.2) is 33.5 Å². The Hall–Kier alpha value is -1.77. The van der Waals surface area contributed by atoms with E-state index in [2.05, 4.69) is 11.4 Å². The number of hydrogen-bond acceptors (Lipinski definition) is 5. The van der Waals surface area contributed by atoms with E-state index in [1.807, 2.05) is 18.2 Å². The van der Waals surface area contributed by atoms with Gasteiger partial charge in [-0.1, -0.05) is 6.07 Å². The molecule has 0 aromatic heterocycles. The molecular weight excluding hydrogens is 244 g/mol. The molecule has 2 rings (SSSR count). The molecule has 0 bridgehead atoms. The lowest BCUT2D eigenvalue weighted by molar-refractivity contribution is 0.198. The summed E-state index contributed by atoms with van der Waals surface area (Å²) in [6.07, 6.45) is 0.873. The van der Waals surface area contributed by atoms with Gasteiger partial charge in [-0.05, 0) is 17.7 Å². The maximum Gasteiger partial charge on any atom is 0.161 e. The van der Waals surface area contributed by atoms with Gasteiger partial charge in [0.1, 0.15) is 6.04 Å². The van der Waals surface area contributed by atoms with Crippen LogP contribution in [0.5, 0.6) is 11.5 Å². The molecule has 0 aliphatic carbocycles. The molecular formula is C14H18N2O3. The predicted octanol–water partition coefficient (Wildman–Crippen LogP) is 1.65. The number of nitrogens with one attached hydrogen (secondary N) is 1. The third-order valence-corrected chi connectivity index (χ3v) is 2.89. The van der Waals surface area contributed by atoms with Gasteiger partial charge < -0.3 is 14.2 Å². The highest BCUT2D eigenvalue weighted by atomic mass is 16.5. The molecule has 0 saturated heterocycles. The Morgan fingerprint density at radius 2 is 2.16 bits per heavy atom. The summed E-state index contributed by atoms with van der Waals surface area (Å²) >= 11 is 0. The van der Waals surface area contributed by atoms with Gasteiger partial charge in [-0.3, -0.25) is 5.32 Å². The van der Waals surface area contributed by atoms with Crippen LogP contribution in [0.2, 0.25) is 0 Å². The number of benzene rings is 1. The van der Waals surface area contributed by atoms with Gasteiger partial charge in [0.2, 0.25) is 0 Å². The average Bonchev–Trinajstić information content (AvgIpc) is 2.68. The van der Waals surface area contributed by atoms with E-state index in [1.54, 1.807) is 7.11 Å². The number of nitrogens with zero attached hydrogens (tertiary/aromatic N) is 1. The molecule has 5 nitrogen and oxygen atoms in total. The van der Waals surface area contributed by atoms with E-state index in [9.17, 15) is 5.26 Å². The maximum absolute atomic E-state index is 9.21. The Kier molecular flexibility index (Phi) is 5.01. The maximum atomic E-state index is 9.21. The molecule has 1 aliphatic heterocycles. The van der Waals surface area contributed by atoms with E-state index in [0.717, 1.165) is 17.7 Å². The first-order valence-electron chi connectivity index (χ1n) is 6.36. The van der Waals surface area contributed by atoms with Crippen molar-refractivity contribution < 1.29 is 14.2 Å². The molecule has 1 aromatic rings. The molecule has 1 heterocycles. The molecule has 0 radical (unpaired) electrons. The van der Waals surface area contributed by atoms with E-state index in [1.165, 1.54) is 0 Å². The van der Waals surface area contributed by atoms with Crippen molar-refractivity contribution in [2.45, 2.75) is 12.5 Å². The molecule has 1 N–H and O–H groups in total. The lowest BCUT2D eigenvalue weighted by atomic mass is 10.1. The van der Waals surface area contributed by atoms with Crippen molar-refractivity contribution in [3.8, 4) is 17.6 Å². The zero-order chi connectivity index (χ0) is 13.5. The van der Waals surface area contributed by atoms with Gasteiger partial charge >= 0.3 is 0 Å². The minimum Gasteiger partial charge on any atom is -0.490 e. The molecule has 0 spiro atoms. The highest BCUT2D eigenvalue weighted by molar-refractivity contribution is 5.45. The fourth-order valence-corrected chi connectivity index (χ4v) is 1.90. The Balaban J connectivity index is 2.10.